The van der Waals surface area contributed by atoms with Crippen molar-refractivity contribution in [1.29, 1.82) is 5.26 Å². The van der Waals surface area contributed by atoms with Crippen molar-refractivity contribution < 1.29 is 9.15 Å². The quantitative estimate of drug-likeness (QED) is 0.727. The number of rotatable bonds is 4. The third kappa shape index (κ3) is 2.93. The zero-order valence-corrected chi connectivity index (χ0v) is 11.2. The number of hydrogen-bond donors (Lipinski definition) is 0. The highest BCUT2D eigenvalue weighted by atomic mass is 16.5. The first kappa shape index (κ1) is 12.9. The third-order valence-corrected chi connectivity index (χ3v) is 2.97. The summed E-state index contributed by atoms with van der Waals surface area (Å²) in [7, 11) is 0. The molecule has 1 heterocycles. The van der Waals surface area contributed by atoms with Gasteiger partial charge in [-0.1, -0.05) is 42.5 Å². The number of benzene rings is 2. The fourth-order valence-corrected chi connectivity index (χ4v) is 1.94. The van der Waals surface area contributed by atoms with Crippen LogP contribution in [0.2, 0.25) is 0 Å². The van der Waals surface area contributed by atoms with Crippen molar-refractivity contribution in [2.75, 3.05) is 0 Å². The minimum Gasteiger partial charge on any atom is -0.482 e. The average molecular weight is 276 g/mol. The molecule has 0 saturated heterocycles. The van der Waals surface area contributed by atoms with E-state index < -0.39 is 0 Å². The molecule has 1 aromatic heterocycles. The SMILES string of the molecule is N#Cc1ccccc1OCc1ncc(-c2ccccc2)o1. The number of oxazole rings is 1. The first-order valence-corrected chi connectivity index (χ1v) is 6.49. The van der Waals surface area contributed by atoms with Crippen LogP contribution in [0.4, 0.5) is 0 Å². The van der Waals surface area contributed by atoms with Crippen LogP contribution >= 0.6 is 0 Å². The van der Waals surface area contributed by atoms with Crippen molar-refractivity contribution in [3.8, 4) is 23.1 Å². The van der Waals surface area contributed by atoms with Crippen LogP contribution in [0.3, 0.4) is 0 Å². The second-order valence-corrected chi connectivity index (χ2v) is 4.38. The molecule has 0 aliphatic heterocycles. The molecule has 3 rings (SSSR count). The van der Waals surface area contributed by atoms with Crippen LogP contribution in [0.1, 0.15) is 11.5 Å². The van der Waals surface area contributed by atoms with Gasteiger partial charge in [0.2, 0.25) is 5.89 Å². The Labute approximate surface area is 122 Å². The lowest BCUT2D eigenvalue weighted by molar-refractivity contribution is 0.264. The summed E-state index contributed by atoms with van der Waals surface area (Å²) in [6.45, 7) is 0.186. The first-order valence-electron chi connectivity index (χ1n) is 6.49. The van der Waals surface area contributed by atoms with Crippen LogP contribution in [0, 0.1) is 11.3 Å². The molecule has 2 aromatic carbocycles. The molecule has 0 spiro atoms. The van der Waals surface area contributed by atoms with Crippen molar-refractivity contribution in [2.24, 2.45) is 0 Å². The van der Waals surface area contributed by atoms with Gasteiger partial charge in [0.1, 0.15) is 11.8 Å². The molecule has 4 nitrogen and oxygen atoms in total. The van der Waals surface area contributed by atoms with E-state index in [1.165, 1.54) is 0 Å². The summed E-state index contributed by atoms with van der Waals surface area (Å²) < 4.78 is 11.2. The molecule has 0 saturated carbocycles. The molecule has 0 unspecified atom stereocenters. The van der Waals surface area contributed by atoms with Crippen molar-refractivity contribution in [3.63, 3.8) is 0 Å². The minimum atomic E-state index is 0.186. The van der Waals surface area contributed by atoms with E-state index in [0.717, 1.165) is 5.56 Å². The van der Waals surface area contributed by atoms with Crippen LogP contribution in [-0.2, 0) is 6.61 Å². The number of para-hydroxylation sites is 1. The molecule has 0 amide bonds. The number of aromatic nitrogens is 1. The lowest BCUT2D eigenvalue weighted by Gasteiger charge is -2.04. The average Bonchev–Trinajstić information content (AvgIpc) is 3.03. The summed E-state index contributed by atoms with van der Waals surface area (Å²) in [6.07, 6.45) is 1.67. The second kappa shape index (κ2) is 5.93. The molecule has 102 valence electrons. The summed E-state index contributed by atoms with van der Waals surface area (Å²) >= 11 is 0. The van der Waals surface area contributed by atoms with Crippen LogP contribution in [0.5, 0.6) is 5.75 Å². The fraction of sp³-hybridized carbons (Fsp3) is 0.0588. The summed E-state index contributed by atoms with van der Waals surface area (Å²) in [4.78, 5) is 4.19. The number of nitrogens with zero attached hydrogens (tertiary/aromatic N) is 2. The lowest BCUT2D eigenvalue weighted by Crippen LogP contribution is -1.97. The molecule has 4 heteroatoms. The van der Waals surface area contributed by atoms with Crippen molar-refractivity contribution in [1.82, 2.24) is 4.98 Å². The topological polar surface area (TPSA) is 59.0 Å². The van der Waals surface area contributed by atoms with Gasteiger partial charge in [-0.25, -0.2) is 4.98 Å². The van der Waals surface area contributed by atoms with E-state index >= 15 is 0 Å². The van der Waals surface area contributed by atoms with E-state index in [2.05, 4.69) is 11.1 Å². The number of ether oxygens (including phenoxy) is 1. The highest BCUT2D eigenvalue weighted by Gasteiger charge is 2.08. The molecule has 0 aliphatic rings. The largest absolute Gasteiger partial charge is 0.482 e. The van der Waals surface area contributed by atoms with Gasteiger partial charge in [-0.3, -0.25) is 0 Å². The molecule has 3 aromatic rings. The highest BCUT2D eigenvalue weighted by molar-refractivity contribution is 5.55. The molecule has 0 N–H and O–H groups in total. The number of nitriles is 1. The molecular weight excluding hydrogens is 264 g/mol. The Balaban J connectivity index is 1.72. The van der Waals surface area contributed by atoms with E-state index in [-0.39, 0.29) is 6.61 Å². The zero-order valence-electron chi connectivity index (χ0n) is 11.2. The Bertz CT molecular complexity index is 773. The van der Waals surface area contributed by atoms with Gasteiger partial charge >= 0.3 is 0 Å². The Morgan fingerprint density at radius 3 is 2.62 bits per heavy atom. The summed E-state index contributed by atoms with van der Waals surface area (Å²) in [5, 5.41) is 9.00. The molecule has 21 heavy (non-hydrogen) atoms. The highest BCUT2D eigenvalue weighted by Crippen LogP contribution is 2.22. The molecule has 0 radical (unpaired) electrons. The maximum absolute atomic E-state index is 9.00. The summed E-state index contributed by atoms with van der Waals surface area (Å²) in [5.74, 6) is 1.70. The van der Waals surface area contributed by atoms with E-state index in [4.69, 9.17) is 14.4 Å². The predicted molar refractivity (Wildman–Crippen MR) is 77.4 cm³/mol. The zero-order chi connectivity index (χ0) is 14.5. The van der Waals surface area contributed by atoms with Gasteiger partial charge in [0.15, 0.2) is 12.4 Å². The van der Waals surface area contributed by atoms with Crippen LogP contribution < -0.4 is 4.74 Å². The second-order valence-electron chi connectivity index (χ2n) is 4.38. The summed E-state index contributed by atoms with van der Waals surface area (Å²) in [6, 6.07) is 18.9. The van der Waals surface area contributed by atoms with Gasteiger partial charge in [-0.15, -0.1) is 0 Å². The Kier molecular flexibility index (Phi) is 3.66. The van der Waals surface area contributed by atoms with Crippen molar-refractivity contribution in [3.05, 3.63) is 72.2 Å². The van der Waals surface area contributed by atoms with Crippen molar-refractivity contribution in [2.45, 2.75) is 6.61 Å². The maximum atomic E-state index is 9.00. The van der Waals surface area contributed by atoms with Crippen LogP contribution in [0.25, 0.3) is 11.3 Å². The van der Waals surface area contributed by atoms with E-state index in [1.54, 1.807) is 24.4 Å². The normalized spacial score (nSPS) is 10.0. The van der Waals surface area contributed by atoms with Gasteiger partial charge in [-0.2, -0.15) is 5.26 Å². The monoisotopic (exact) mass is 276 g/mol. The van der Waals surface area contributed by atoms with Crippen molar-refractivity contribution >= 4 is 0 Å². The molecule has 0 atom stereocenters. The summed E-state index contributed by atoms with van der Waals surface area (Å²) in [5.41, 5.74) is 1.46. The van der Waals surface area contributed by atoms with Gasteiger partial charge in [0.25, 0.3) is 0 Å². The minimum absolute atomic E-state index is 0.186. The molecule has 0 bridgehead atoms. The van der Waals surface area contributed by atoms with Crippen LogP contribution in [-0.4, -0.2) is 4.98 Å². The third-order valence-electron chi connectivity index (χ3n) is 2.97. The molecule has 0 fully saturated rings. The Morgan fingerprint density at radius 2 is 1.81 bits per heavy atom. The Hall–Kier alpha value is -3.06. The van der Waals surface area contributed by atoms with E-state index in [1.807, 2.05) is 36.4 Å². The molecular formula is C17H12N2O2. The fourth-order valence-electron chi connectivity index (χ4n) is 1.94. The molecule has 0 aliphatic carbocycles. The van der Waals surface area contributed by atoms with Gasteiger partial charge in [-0.05, 0) is 12.1 Å². The number of hydrogen-bond acceptors (Lipinski definition) is 4. The van der Waals surface area contributed by atoms with E-state index in [0.29, 0.717) is 23.0 Å². The van der Waals surface area contributed by atoms with E-state index in [9.17, 15) is 0 Å². The first-order chi connectivity index (χ1) is 10.4. The van der Waals surface area contributed by atoms with Gasteiger partial charge in [0, 0.05) is 5.56 Å². The van der Waals surface area contributed by atoms with Crippen LogP contribution in [0.15, 0.2) is 65.2 Å². The smallest absolute Gasteiger partial charge is 0.232 e. The van der Waals surface area contributed by atoms with Gasteiger partial charge < -0.3 is 9.15 Å². The predicted octanol–water partition coefficient (Wildman–Crippen LogP) is 3.79. The van der Waals surface area contributed by atoms with Gasteiger partial charge in [0.05, 0.1) is 11.8 Å². The lowest BCUT2D eigenvalue weighted by atomic mass is 10.2. The standard InChI is InChI=1S/C17H12N2O2/c18-10-14-8-4-5-9-15(14)20-12-17-19-11-16(21-17)13-6-2-1-3-7-13/h1-9,11H,12H2. The Morgan fingerprint density at radius 1 is 1.05 bits per heavy atom. The maximum Gasteiger partial charge on any atom is 0.232 e.